The number of hydrogen-bond acceptors (Lipinski definition) is 3. The van der Waals surface area contributed by atoms with Crippen LogP contribution in [0.4, 0.5) is 4.79 Å². The van der Waals surface area contributed by atoms with Crippen molar-refractivity contribution in [1.82, 2.24) is 5.32 Å². The Morgan fingerprint density at radius 1 is 1.29 bits per heavy atom. The first-order valence-electron chi connectivity index (χ1n) is 8.29. The van der Waals surface area contributed by atoms with Crippen molar-refractivity contribution in [1.29, 1.82) is 0 Å². The van der Waals surface area contributed by atoms with E-state index >= 15 is 0 Å². The summed E-state index contributed by atoms with van der Waals surface area (Å²) in [5, 5.41) is 2.76. The zero-order valence-electron chi connectivity index (χ0n) is 14.0. The highest BCUT2D eigenvalue weighted by Gasteiger charge is 2.49. The maximum atomic E-state index is 11.9. The van der Waals surface area contributed by atoms with E-state index in [-0.39, 0.29) is 0 Å². The summed E-state index contributed by atoms with van der Waals surface area (Å²) in [5.74, 6) is 0.922. The van der Waals surface area contributed by atoms with Gasteiger partial charge in [-0.3, -0.25) is 10.1 Å². The van der Waals surface area contributed by atoms with Gasteiger partial charge in [0.1, 0.15) is 0 Å². The summed E-state index contributed by atoms with van der Waals surface area (Å²) in [4.78, 5) is 23.6. The molecule has 3 aliphatic carbocycles. The minimum Gasteiger partial charge on any atom is -0.449 e. The Hall–Kier alpha value is -1.81. The molecule has 4 rings (SSSR count). The number of nitrogens with one attached hydrogen (secondary N) is 1. The van der Waals surface area contributed by atoms with E-state index in [0.717, 1.165) is 18.8 Å². The standard InChI is InChI=1S/C19H22ClNO3/c1-19(2)14-9-12(10-15(19)11-14)7-8-24-18(23)21-17(22)13-3-5-16(20)6-4-13/h3-6,9,14-15H,7-8,10-11H2,1-2H3,(H,21,22,23)/t14-,15-/m1/s1. The van der Waals surface area contributed by atoms with Crippen molar-refractivity contribution in [3.05, 3.63) is 46.5 Å². The third kappa shape index (κ3) is 3.48. The van der Waals surface area contributed by atoms with Crippen LogP contribution in [0, 0.1) is 17.3 Å². The monoisotopic (exact) mass is 347 g/mol. The number of hydrogen-bond donors (Lipinski definition) is 1. The predicted octanol–water partition coefficient (Wildman–Crippen LogP) is 4.59. The van der Waals surface area contributed by atoms with Crippen LogP contribution >= 0.6 is 11.6 Å². The fourth-order valence-corrected chi connectivity index (χ4v) is 3.74. The van der Waals surface area contributed by atoms with Crippen molar-refractivity contribution < 1.29 is 14.3 Å². The SMILES string of the molecule is CC1(C)[C@@H]2CC(CCOC(=O)NC(=O)c3ccc(Cl)cc3)=C[C@@H]1C2. The van der Waals surface area contributed by atoms with Crippen LogP contribution in [0.25, 0.3) is 0 Å². The number of imide groups is 1. The van der Waals surface area contributed by atoms with Gasteiger partial charge < -0.3 is 4.74 Å². The van der Waals surface area contributed by atoms with Crippen molar-refractivity contribution in [2.24, 2.45) is 17.3 Å². The molecule has 3 aliphatic rings. The van der Waals surface area contributed by atoms with E-state index in [0.29, 0.717) is 28.5 Å². The van der Waals surface area contributed by atoms with Gasteiger partial charge >= 0.3 is 6.09 Å². The molecule has 1 aromatic carbocycles. The molecule has 5 heteroatoms. The molecule has 1 N–H and O–H groups in total. The first-order valence-corrected chi connectivity index (χ1v) is 8.67. The normalized spacial score (nSPS) is 23.7. The van der Waals surface area contributed by atoms with Gasteiger partial charge in [-0.2, -0.15) is 0 Å². The topological polar surface area (TPSA) is 55.4 Å². The lowest BCUT2D eigenvalue weighted by molar-refractivity contribution is -0.00241. The summed E-state index contributed by atoms with van der Waals surface area (Å²) in [7, 11) is 0. The van der Waals surface area contributed by atoms with E-state index in [1.54, 1.807) is 24.3 Å². The average Bonchev–Trinajstić information content (AvgIpc) is 2.55. The number of carbonyl (C=O) groups excluding carboxylic acids is 2. The zero-order chi connectivity index (χ0) is 17.3. The highest BCUT2D eigenvalue weighted by Crippen LogP contribution is 2.58. The summed E-state index contributed by atoms with van der Waals surface area (Å²) in [6.45, 7) is 4.95. The molecule has 0 radical (unpaired) electrons. The van der Waals surface area contributed by atoms with E-state index in [9.17, 15) is 9.59 Å². The lowest BCUT2D eigenvalue weighted by atomic mass is 9.50. The van der Waals surface area contributed by atoms with Crippen LogP contribution in [-0.2, 0) is 4.74 Å². The molecule has 4 nitrogen and oxygen atoms in total. The lowest BCUT2D eigenvalue weighted by Crippen LogP contribution is -2.46. The molecule has 1 fully saturated rings. The van der Waals surface area contributed by atoms with Crippen LogP contribution in [0.3, 0.4) is 0 Å². The zero-order valence-corrected chi connectivity index (χ0v) is 14.7. The van der Waals surface area contributed by atoms with Crippen molar-refractivity contribution in [3.8, 4) is 0 Å². The Morgan fingerprint density at radius 3 is 2.58 bits per heavy atom. The smallest absolute Gasteiger partial charge is 0.414 e. The Kier molecular flexibility index (Phi) is 4.68. The molecule has 0 aliphatic heterocycles. The Morgan fingerprint density at radius 2 is 2.00 bits per heavy atom. The fraction of sp³-hybridized carbons (Fsp3) is 0.474. The van der Waals surface area contributed by atoms with Crippen LogP contribution in [0.1, 0.15) is 43.5 Å². The Balaban J connectivity index is 1.42. The summed E-state index contributed by atoms with van der Waals surface area (Å²) in [6, 6.07) is 6.33. The van der Waals surface area contributed by atoms with Crippen LogP contribution in [0.2, 0.25) is 5.02 Å². The number of benzene rings is 1. The Labute approximate surface area is 147 Å². The molecule has 0 heterocycles. The summed E-state index contributed by atoms with van der Waals surface area (Å²) < 4.78 is 5.12. The minimum atomic E-state index is -0.711. The molecule has 128 valence electrons. The number of fused-ring (bicyclic) bond motifs is 1. The molecule has 0 spiro atoms. The van der Waals surface area contributed by atoms with Gasteiger partial charge in [-0.1, -0.05) is 37.1 Å². The molecular formula is C19H22ClNO3. The molecule has 24 heavy (non-hydrogen) atoms. The second-order valence-corrected chi connectivity index (χ2v) is 7.67. The molecule has 0 unspecified atom stereocenters. The first kappa shape index (κ1) is 17.0. The highest BCUT2D eigenvalue weighted by molar-refractivity contribution is 6.30. The molecule has 1 aromatic rings. The van der Waals surface area contributed by atoms with Gasteiger partial charge in [0.2, 0.25) is 0 Å². The second kappa shape index (κ2) is 6.60. The van der Waals surface area contributed by atoms with Gasteiger partial charge in [-0.25, -0.2) is 4.79 Å². The highest BCUT2D eigenvalue weighted by atomic mass is 35.5. The van der Waals surface area contributed by atoms with E-state index in [1.165, 1.54) is 12.0 Å². The average molecular weight is 348 g/mol. The second-order valence-electron chi connectivity index (χ2n) is 7.24. The summed E-state index contributed by atoms with van der Waals surface area (Å²) >= 11 is 5.77. The van der Waals surface area contributed by atoms with Crippen molar-refractivity contribution in [3.63, 3.8) is 0 Å². The third-order valence-electron chi connectivity index (χ3n) is 5.47. The number of amides is 2. The number of rotatable bonds is 4. The molecule has 1 saturated carbocycles. The molecule has 2 amide bonds. The number of halogens is 1. The van der Waals surface area contributed by atoms with Gasteiger partial charge in [0.15, 0.2) is 0 Å². The van der Waals surface area contributed by atoms with Gasteiger partial charge in [-0.15, -0.1) is 0 Å². The largest absolute Gasteiger partial charge is 0.449 e. The molecular weight excluding hydrogens is 326 g/mol. The maximum Gasteiger partial charge on any atom is 0.414 e. The Bertz CT molecular complexity index is 678. The maximum absolute atomic E-state index is 11.9. The molecule has 0 aromatic heterocycles. The van der Waals surface area contributed by atoms with Crippen LogP contribution in [-0.4, -0.2) is 18.6 Å². The first-order chi connectivity index (χ1) is 11.4. The third-order valence-corrected chi connectivity index (χ3v) is 5.72. The van der Waals surface area contributed by atoms with Crippen LogP contribution in [0.15, 0.2) is 35.9 Å². The van der Waals surface area contributed by atoms with Crippen molar-refractivity contribution in [2.75, 3.05) is 6.61 Å². The van der Waals surface area contributed by atoms with Crippen LogP contribution in [0.5, 0.6) is 0 Å². The molecule has 0 saturated heterocycles. The fourth-order valence-electron chi connectivity index (χ4n) is 3.62. The van der Waals surface area contributed by atoms with Crippen molar-refractivity contribution >= 4 is 23.6 Å². The van der Waals surface area contributed by atoms with E-state index in [1.807, 2.05) is 0 Å². The quantitative estimate of drug-likeness (QED) is 0.810. The van der Waals surface area contributed by atoms with Crippen LogP contribution < -0.4 is 5.32 Å². The van der Waals surface area contributed by atoms with Gasteiger partial charge in [0.25, 0.3) is 5.91 Å². The number of ether oxygens (including phenoxy) is 1. The molecule has 2 atom stereocenters. The van der Waals surface area contributed by atoms with E-state index in [2.05, 4.69) is 25.2 Å². The number of alkyl carbamates (subject to hydrolysis) is 1. The minimum absolute atomic E-state index is 0.297. The predicted molar refractivity (Wildman–Crippen MR) is 93.0 cm³/mol. The number of allylic oxidation sites excluding steroid dienone is 1. The van der Waals surface area contributed by atoms with E-state index < -0.39 is 12.0 Å². The molecule has 2 bridgehead atoms. The van der Waals surface area contributed by atoms with Crippen molar-refractivity contribution in [2.45, 2.75) is 33.1 Å². The lowest BCUT2D eigenvalue weighted by Gasteiger charge is -2.55. The van der Waals surface area contributed by atoms with E-state index in [4.69, 9.17) is 16.3 Å². The van der Waals surface area contributed by atoms with Gasteiger partial charge in [-0.05, 0) is 54.4 Å². The number of carbonyl (C=O) groups is 2. The van der Waals surface area contributed by atoms with Gasteiger partial charge in [0, 0.05) is 17.0 Å². The summed E-state index contributed by atoms with van der Waals surface area (Å²) in [6.07, 6.45) is 4.76. The van der Waals surface area contributed by atoms with Gasteiger partial charge in [0.05, 0.1) is 6.61 Å². The summed E-state index contributed by atoms with van der Waals surface area (Å²) in [5.41, 5.74) is 2.16.